The Labute approximate surface area is 107 Å². The lowest BCUT2D eigenvalue weighted by Gasteiger charge is -2.21. The number of furan rings is 1. The van der Waals surface area contributed by atoms with Crippen LogP contribution in [0.4, 0.5) is 5.82 Å². The molecular formula is C14H19N3O. The van der Waals surface area contributed by atoms with E-state index in [4.69, 9.17) is 10.2 Å². The summed E-state index contributed by atoms with van der Waals surface area (Å²) in [5.74, 6) is 1.87. The minimum Gasteiger partial charge on any atom is -0.467 e. The highest BCUT2D eigenvalue weighted by Gasteiger charge is 2.10. The molecule has 0 aromatic carbocycles. The zero-order chi connectivity index (χ0) is 13.0. The maximum atomic E-state index is 5.90. The molecule has 96 valence electrons. The van der Waals surface area contributed by atoms with Crippen LogP contribution in [0.1, 0.15) is 31.2 Å². The molecule has 0 saturated heterocycles. The minimum atomic E-state index is 0.0223. The van der Waals surface area contributed by atoms with Crippen LogP contribution in [-0.2, 0) is 6.54 Å². The smallest absolute Gasteiger partial charge is 0.129 e. The third-order valence-electron chi connectivity index (χ3n) is 2.93. The predicted molar refractivity (Wildman–Crippen MR) is 72.3 cm³/mol. The molecule has 1 atom stereocenters. The van der Waals surface area contributed by atoms with Crippen LogP contribution in [0, 0.1) is 0 Å². The number of nitrogens with two attached hydrogens (primary N) is 1. The van der Waals surface area contributed by atoms with Gasteiger partial charge in [0.2, 0.25) is 0 Å². The van der Waals surface area contributed by atoms with Gasteiger partial charge in [-0.25, -0.2) is 4.98 Å². The summed E-state index contributed by atoms with van der Waals surface area (Å²) in [6, 6.07) is 7.88. The van der Waals surface area contributed by atoms with Gasteiger partial charge in [0.05, 0.1) is 12.8 Å². The zero-order valence-corrected chi connectivity index (χ0v) is 10.8. The Morgan fingerprint density at radius 3 is 2.89 bits per heavy atom. The van der Waals surface area contributed by atoms with Gasteiger partial charge in [0.15, 0.2) is 0 Å². The number of anilines is 1. The molecule has 2 N–H and O–H groups in total. The second-order valence-corrected chi connectivity index (χ2v) is 4.33. The van der Waals surface area contributed by atoms with Gasteiger partial charge in [-0.05, 0) is 43.7 Å². The lowest BCUT2D eigenvalue weighted by molar-refractivity contribution is 0.503. The average Bonchev–Trinajstić information content (AvgIpc) is 2.89. The van der Waals surface area contributed by atoms with Gasteiger partial charge in [-0.3, -0.25) is 0 Å². The van der Waals surface area contributed by atoms with E-state index in [1.165, 1.54) is 0 Å². The van der Waals surface area contributed by atoms with Gasteiger partial charge in [0.1, 0.15) is 11.6 Å². The third-order valence-corrected chi connectivity index (χ3v) is 2.93. The molecular weight excluding hydrogens is 226 g/mol. The monoisotopic (exact) mass is 245 g/mol. The number of hydrogen-bond acceptors (Lipinski definition) is 4. The van der Waals surface area contributed by atoms with Crippen molar-refractivity contribution in [3.8, 4) is 0 Å². The van der Waals surface area contributed by atoms with E-state index in [2.05, 4.69) is 16.8 Å². The molecule has 2 aromatic heterocycles. The summed E-state index contributed by atoms with van der Waals surface area (Å²) in [4.78, 5) is 6.56. The van der Waals surface area contributed by atoms with Crippen molar-refractivity contribution in [2.45, 2.75) is 26.4 Å². The van der Waals surface area contributed by atoms with E-state index in [9.17, 15) is 0 Å². The molecule has 0 radical (unpaired) electrons. The maximum absolute atomic E-state index is 5.90. The number of nitrogens with zero attached hydrogens (tertiary/aromatic N) is 2. The Kier molecular flexibility index (Phi) is 3.99. The van der Waals surface area contributed by atoms with Crippen molar-refractivity contribution in [3.63, 3.8) is 0 Å². The van der Waals surface area contributed by atoms with Crippen molar-refractivity contribution in [2.75, 3.05) is 11.4 Å². The van der Waals surface area contributed by atoms with Crippen molar-refractivity contribution in [1.29, 1.82) is 0 Å². The van der Waals surface area contributed by atoms with Gasteiger partial charge >= 0.3 is 0 Å². The van der Waals surface area contributed by atoms with E-state index in [-0.39, 0.29) is 6.04 Å². The zero-order valence-electron chi connectivity index (χ0n) is 10.8. The molecule has 0 bridgehead atoms. The lowest BCUT2D eigenvalue weighted by Crippen LogP contribution is -2.23. The highest BCUT2D eigenvalue weighted by Crippen LogP contribution is 2.18. The van der Waals surface area contributed by atoms with Crippen LogP contribution < -0.4 is 10.6 Å². The molecule has 2 rings (SSSR count). The molecule has 0 aliphatic heterocycles. The Bertz CT molecular complexity index is 480. The van der Waals surface area contributed by atoms with Gasteiger partial charge in [-0.15, -0.1) is 0 Å². The van der Waals surface area contributed by atoms with E-state index >= 15 is 0 Å². The molecule has 1 unspecified atom stereocenters. The fraction of sp³-hybridized carbons (Fsp3) is 0.357. The summed E-state index contributed by atoms with van der Waals surface area (Å²) >= 11 is 0. The third kappa shape index (κ3) is 2.90. The molecule has 0 saturated carbocycles. The van der Waals surface area contributed by atoms with Crippen LogP contribution >= 0.6 is 0 Å². The van der Waals surface area contributed by atoms with Crippen molar-refractivity contribution >= 4 is 5.82 Å². The first-order valence-corrected chi connectivity index (χ1v) is 6.19. The summed E-state index contributed by atoms with van der Waals surface area (Å²) in [5.41, 5.74) is 6.99. The van der Waals surface area contributed by atoms with Crippen LogP contribution in [-0.4, -0.2) is 11.5 Å². The number of pyridine rings is 1. The van der Waals surface area contributed by atoms with E-state index in [1.807, 2.05) is 31.2 Å². The van der Waals surface area contributed by atoms with Crippen molar-refractivity contribution < 1.29 is 4.42 Å². The topological polar surface area (TPSA) is 55.3 Å². The van der Waals surface area contributed by atoms with Crippen LogP contribution in [0.15, 0.2) is 41.1 Å². The number of rotatable bonds is 5. The lowest BCUT2D eigenvalue weighted by atomic mass is 10.1. The van der Waals surface area contributed by atoms with Crippen molar-refractivity contribution in [1.82, 2.24) is 4.98 Å². The summed E-state index contributed by atoms with van der Waals surface area (Å²) in [7, 11) is 0. The Morgan fingerprint density at radius 2 is 2.28 bits per heavy atom. The van der Waals surface area contributed by atoms with E-state index in [1.54, 1.807) is 12.5 Å². The van der Waals surface area contributed by atoms with Crippen molar-refractivity contribution in [2.24, 2.45) is 5.73 Å². The van der Waals surface area contributed by atoms with Crippen LogP contribution in [0.5, 0.6) is 0 Å². The standard InChI is InChI=1S/C14H19N3O/c1-3-17(10-13-5-4-8-18-13)14-9-12(11(2)15)6-7-16-14/h4-9,11H,3,10,15H2,1-2H3. The maximum Gasteiger partial charge on any atom is 0.129 e. The summed E-state index contributed by atoms with van der Waals surface area (Å²) in [5, 5.41) is 0. The summed E-state index contributed by atoms with van der Waals surface area (Å²) in [6.45, 7) is 5.67. The highest BCUT2D eigenvalue weighted by molar-refractivity contribution is 5.41. The molecule has 0 aliphatic carbocycles. The highest BCUT2D eigenvalue weighted by atomic mass is 16.3. The van der Waals surface area contributed by atoms with Gasteiger partial charge in [-0.2, -0.15) is 0 Å². The molecule has 4 nitrogen and oxygen atoms in total. The van der Waals surface area contributed by atoms with E-state index < -0.39 is 0 Å². The molecule has 4 heteroatoms. The molecule has 2 heterocycles. The van der Waals surface area contributed by atoms with Crippen LogP contribution in [0.3, 0.4) is 0 Å². The second-order valence-electron chi connectivity index (χ2n) is 4.33. The molecule has 0 amide bonds. The summed E-state index contributed by atoms with van der Waals surface area (Å²) < 4.78 is 5.37. The predicted octanol–water partition coefficient (Wildman–Crippen LogP) is 2.72. The number of hydrogen-bond donors (Lipinski definition) is 1. The second kappa shape index (κ2) is 5.69. The Balaban J connectivity index is 2.19. The first-order valence-electron chi connectivity index (χ1n) is 6.19. The largest absolute Gasteiger partial charge is 0.467 e. The van der Waals surface area contributed by atoms with Gasteiger partial charge in [-0.1, -0.05) is 0 Å². The SMILES string of the molecule is CCN(Cc1ccco1)c1cc(C(C)N)ccn1. The van der Waals surface area contributed by atoms with E-state index in [0.717, 1.165) is 30.2 Å². The molecule has 2 aromatic rings. The Morgan fingerprint density at radius 1 is 1.44 bits per heavy atom. The summed E-state index contributed by atoms with van der Waals surface area (Å²) in [6.07, 6.45) is 3.49. The first-order chi connectivity index (χ1) is 8.70. The fourth-order valence-corrected chi connectivity index (χ4v) is 1.84. The van der Waals surface area contributed by atoms with Gasteiger partial charge in [0, 0.05) is 18.8 Å². The van der Waals surface area contributed by atoms with E-state index in [0.29, 0.717) is 0 Å². The molecule has 0 fully saturated rings. The normalized spacial score (nSPS) is 12.4. The average molecular weight is 245 g/mol. The fourth-order valence-electron chi connectivity index (χ4n) is 1.84. The number of aromatic nitrogens is 1. The van der Waals surface area contributed by atoms with Crippen LogP contribution in [0.25, 0.3) is 0 Å². The van der Waals surface area contributed by atoms with Gasteiger partial charge in [0.25, 0.3) is 0 Å². The molecule has 0 aliphatic rings. The van der Waals surface area contributed by atoms with Gasteiger partial charge < -0.3 is 15.1 Å². The molecule has 18 heavy (non-hydrogen) atoms. The first kappa shape index (κ1) is 12.6. The van der Waals surface area contributed by atoms with Crippen LogP contribution in [0.2, 0.25) is 0 Å². The Hall–Kier alpha value is -1.81. The van der Waals surface area contributed by atoms with Crippen molar-refractivity contribution in [3.05, 3.63) is 48.0 Å². The molecule has 0 spiro atoms. The minimum absolute atomic E-state index is 0.0223. The quantitative estimate of drug-likeness (QED) is 0.880.